The van der Waals surface area contributed by atoms with Gasteiger partial charge in [0.05, 0.1) is 17.6 Å². The van der Waals surface area contributed by atoms with Crippen molar-refractivity contribution in [3.05, 3.63) is 28.4 Å². The lowest BCUT2D eigenvalue weighted by Crippen LogP contribution is -2.20. The number of nitrogens with one attached hydrogen (secondary N) is 1. The standard InChI is InChI=1S/C9H12N4O4/c10-8(14)6-17-4-3-12-9-5-7(13(15)16)1-2-11-9/h1-2,5H,3-4,6H2,(H2,10,14)(H,11,12). The first-order valence-electron chi connectivity index (χ1n) is 4.80. The monoisotopic (exact) mass is 240 g/mol. The molecule has 8 nitrogen and oxygen atoms in total. The average molecular weight is 240 g/mol. The van der Waals surface area contributed by atoms with Crippen LogP contribution < -0.4 is 11.1 Å². The maximum Gasteiger partial charge on any atom is 0.274 e. The van der Waals surface area contributed by atoms with Crippen molar-refractivity contribution >= 4 is 17.4 Å². The summed E-state index contributed by atoms with van der Waals surface area (Å²) in [5.74, 6) is -0.166. The summed E-state index contributed by atoms with van der Waals surface area (Å²) in [6.45, 7) is 0.485. The molecule has 1 heterocycles. The molecule has 0 atom stereocenters. The highest BCUT2D eigenvalue weighted by Gasteiger charge is 2.05. The molecule has 92 valence electrons. The molecule has 0 aliphatic carbocycles. The SMILES string of the molecule is NC(=O)COCCNc1cc([N+](=O)[O-])ccn1. The van der Waals surface area contributed by atoms with Crippen molar-refractivity contribution in [2.45, 2.75) is 0 Å². The van der Waals surface area contributed by atoms with Gasteiger partial charge in [0.1, 0.15) is 12.4 Å². The van der Waals surface area contributed by atoms with Crippen LogP contribution in [0.1, 0.15) is 0 Å². The molecule has 0 aromatic carbocycles. The number of hydrogen-bond acceptors (Lipinski definition) is 6. The Balaban J connectivity index is 2.34. The van der Waals surface area contributed by atoms with E-state index in [0.717, 1.165) is 0 Å². The van der Waals surface area contributed by atoms with Gasteiger partial charge >= 0.3 is 0 Å². The minimum atomic E-state index is -0.543. The van der Waals surface area contributed by atoms with Gasteiger partial charge < -0.3 is 15.8 Å². The van der Waals surface area contributed by atoms with Gasteiger partial charge in [-0.15, -0.1) is 0 Å². The summed E-state index contributed by atoms with van der Waals surface area (Å²) in [4.78, 5) is 24.2. The summed E-state index contributed by atoms with van der Waals surface area (Å²) in [6, 6.07) is 2.61. The van der Waals surface area contributed by atoms with Gasteiger partial charge in [0.25, 0.3) is 5.69 Å². The first-order valence-corrected chi connectivity index (χ1v) is 4.80. The number of rotatable bonds is 7. The van der Waals surface area contributed by atoms with Gasteiger partial charge in [0, 0.05) is 18.8 Å². The van der Waals surface area contributed by atoms with Gasteiger partial charge in [0.15, 0.2) is 0 Å². The second kappa shape index (κ2) is 6.38. The Bertz CT molecular complexity index is 410. The van der Waals surface area contributed by atoms with Crippen molar-refractivity contribution in [1.29, 1.82) is 0 Å². The van der Waals surface area contributed by atoms with Crippen LogP contribution in [-0.2, 0) is 9.53 Å². The fraction of sp³-hybridized carbons (Fsp3) is 0.333. The van der Waals surface area contributed by atoms with Gasteiger partial charge in [-0.1, -0.05) is 0 Å². The summed E-state index contributed by atoms with van der Waals surface area (Å²) in [5.41, 5.74) is 4.83. The molecule has 17 heavy (non-hydrogen) atoms. The van der Waals surface area contributed by atoms with E-state index in [4.69, 9.17) is 10.5 Å². The Hall–Kier alpha value is -2.22. The van der Waals surface area contributed by atoms with E-state index >= 15 is 0 Å². The highest BCUT2D eigenvalue weighted by atomic mass is 16.6. The topological polar surface area (TPSA) is 120 Å². The van der Waals surface area contributed by atoms with Crippen molar-refractivity contribution in [2.75, 3.05) is 25.1 Å². The maximum atomic E-state index is 10.5. The Morgan fingerprint density at radius 2 is 2.41 bits per heavy atom. The first kappa shape index (κ1) is 12.8. The molecule has 0 saturated heterocycles. The number of amides is 1. The number of anilines is 1. The summed E-state index contributed by atoms with van der Waals surface area (Å²) < 4.78 is 4.90. The third-order valence-corrected chi connectivity index (χ3v) is 1.75. The van der Waals surface area contributed by atoms with Crippen molar-refractivity contribution in [3.63, 3.8) is 0 Å². The predicted octanol–water partition coefficient (Wildman–Crippen LogP) is -0.0964. The molecule has 1 rings (SSSR count). The average Bonchev–Trinajstić information content (AvgIpc) is 2.28. The molecule has 1 aromatic heterocycles. The van der Waals surface area contributed by atoms with Crippen LogP contribution in [0.3, 0.4) is 0 Å². The number of nitrogens with zero attached hydrogens (tertiary/aromatic N) is 2. The molecule has 0 bridgehead atoms. The molecule has 1 amide bonds. The van der Waals surface area contributed by atoms with Gasteiger partial charge in [-0.3, -0.25) is 14.9 Å². The number of primary amides is 1. The zero-order valence-corrected chi connectivity index (χ0v) is 8.96. The largest absolute Gasteiger partial charge is 0.370 e. The predicted molar refractivity (Wildman–Crippen MR) is 59.4 cm³/mol. The number of nitrogens with two attached hydrogens (primary N) is 1. The smallest absolute Gasteiger partial charge is 0.274 e. The van der Waals surface area contributed by atoms with Crippen molar-refractivity contribution in [1.82, 2.24) is 4.98 Å². The van der Waals surface area contributed by atoms with E-state index in [1.54, 1.807) is 0 Å². The number of carbonyl (C=O) groups excluding carboxylic acids is 1. The van der Waals surface area contributed by atoms with E-state index in [0.29, 0.717) is 12.4 Å². The molecule has 0 fully saturated rings. The van der Waals surface area contributed by atoms with E-state index in [-0.39, 0.29) is 18.9 Å². The molecule has 0 unspecified atom stereocenters. The van der Waals surface area contributed by atoms with Gasteiger partial charge in [0.2, 0.25) is 5.91 Å². The van der Waals surface area contributed by atoms with Crippen LogP contribution in [0, 0.1) is 10.1 Å². The number of ether oxygens (including phenoxy) is 1. The minimum absolute atomic E-state index is 0.0412. The van der Waals surface area contributed by atoms with Crippen LogP contribution in [-0.4, -0.2) is 35.6 Å². The Morgan fingerprint density at radius 3 is 3.06 bits per heavy atom. The molecule has 0 spiro atoms. The molecule has 0 radical (unpaired) electrons. The van der Waals surface area contributed by atoms with Crippen LogP contribution in [0.2, 0.25) is 0 Å². The zero-order chi connectivity index (χ0) is 12.7. The molecule has 1 aromatic rings. The Morgan fingerprint density at radius 1 is 1.65 bits per heavy atom. The lowest BCUT2D eigenvalue weighted by molar-refractivity contribution is -0.384. The summed E-state index contributed by atoms with van der Waals surface area (Å²) in [6.07, 6.45) is 1.34. The van der Waals surface area contributed by atoms with Crippen LogP contribution in [0.4, 0.5) is 11.5 Å². The van der Waals surface area contributed by atoms with Crippen molar-refractivity contribution < 1.29 is 14.5 Å². The van der Waals surface area contributed by atoms with Crippen molar-refractivity contribution in [3.8, 4) is 0 Å². The lowest BCUT2D eigenvalue weighted by atomic mass is 10.4. The van der Waals surface area contributed by atoms with Crippen LogP contribution in [0.25, 0.3) is 0 Å². The van der Waals surface area contributed by atoms with E-state index in [9.17, 15) is 14.9 Å². The Kier molecular flexibility index (Phi) is 4.82. The number of pyridine rings is 1. The number of aromatic nitrogens is 1. The quantitative estimate of drug-likeness (QED) is 0.390. The molecule has 0 aliphatic rings. The van der Waals surface area contributed by atoms with Crippen LogP contribution in [0.5, 0.6) is 0 Å². The summed E-state index contributed by atoms with van der Waals surface area (Å²) >= 11 is 0. The molecule has 0 aliphatic heterocycles. The second-order valence-electron chi connectivity index (χ2n) is 3.10. The lowest BCUT2D eigenvalue weighted by Gasteiger charge is -2.05. The normalized spacial score (nSPS) is 9.88. The third-order valence-electron chi connectivity index (χ3n) is 1.75. The highest BCUT2D eigenvalue weighted by molar-refractivity contribution is 5.74. The molecule has 8 heteroatoms. The molecular formula is C9H12N4O4. The first-order chi connectivity index (χ1) is 8.09. The summed E-state index contributed by atoms with van der Waals surface area (Å²) in [5, 5.41) is 13.3. The van der Waals surface area contributed by atoms with Gasteiger partial charge in [-0.25, -0.2) is 4.98 Å². The molecular weight excluding hydrogens is 228 g/mol. The maximum absolute atomic E-state index is 10.5. The fourth-order valence-electron chi connectivity index (χ4n) is 1.05. The van der Waals surface area contributed by atoms with E-state index in [1.807, 2.05) is 0 Å². The van der Waals surface area contributed by atoms with Crippen LogP contribution in [0.15, 0.2) is 18.3 Å². The van der Waals surface area contributed by atoms with E-state index in [2.05, 4.69) is 10.3 Å². The van der Waals surface area contributed by atoms with Crippen molar-refractivity contribution in [2.24, 2.45) is 5.73 Å². The molecule has 3 N–H and O–H groups in total. The molecule has 0 saturated carbocycles. The Labute approximate surface area is 96.9 Å². The van der Waals surface area contributed by atoms with Gasteiger partial charge in [-0.2, -0.15) is 0 Å². The van der Waals surface area contributed by atoms with Crippen LogP contribution >= 0.6 is 0 Å². The minimum Gasteiger partial charge on any atom is -0.370 e. The van der Waals surface area contributed by atoms with E-state index < -0.39 is 10.8 Å². The summed E-state index contributed by atoms with van der Waals surface area (Å²) in [7, 11) is 0. The van der Waals surface area contributed by atoms with Gasteiger partial charge in [-0.05, 0) is 0 Å². The zero-order valence-electron chi connectivity index (χ0n) is 8.96. The van der Waals surface area contributed by atoms with E-state index in [1.165, 1.54) is 18.3 Å². The fourth-order valence-corrected chi connectivity index (χ4v) is 1.05. The second-order valence-corrected chi connectivity index (χ2v) is 3.10. The third kappa shape index (κ3) is 4.89. The number of nitro groups is 1. The highest BCUT2D eigenvalue weighted by Crippen LogP contribution is 2.13. The number of carbonyl (C=O) groups is 1. The number of hydrogen-bond donors (Lipinski definition) is 2.